The zero-order valence-corrected chi connectivity index (χ0v) is 11.8. The van der Waals surface area contributed by atoms with Crippen molar-refractivity contribution in [1.82, 2.24) is 0 Å². The first-order chi connectivity index (χ1) is 10.2. The zero-order chi connectivity index (χ0) is 15.1. The van der Waals surface area contributed by atoms with E-state index in [1.807, 2.05) is 18.2 Å². The molecular formula is C17H11ClFNO. The molecular weight excluding hydrogens is 289 g/mol. The Hall–Kier alpha value is -2.49. The van der Waals surface area contributed by atoms with Crippen LogP contribution in [0, 0.1) is 29.0 Å². The third kappa shape index (κ3) is 3.99. The van der Waals surface area contributed by atoms with Crippen molar-refractivity contribution in [2.45, 2.75) is 6.61 Å². The lowest BCUT2D eigenvalue weighted by molar-refractivity contribution is 0.299. The second-order valence-corrected chi connectivity index (χ2v) is 4.41. The molecule has 0 bridgehead atoms. The summed E-state index contributed by atoms with van der Waals surface area (Å²) in [5.41, 5.74) is 1.41. The van der Waals surface area contributed by atoms with Gasteiger partial charge in [-0.3, -0.25) is 0 Å². The molecule has 0 aliphatic heterocycles. The van der Waals surface area contributed by atoms with Crippen LogP contribution in [0.1, 0.15) is 16.7 Å². The summed E-state index contributed by atoms with van der Waals surface area (Å²) in [5.74, 6) is 6.01. The lowest BCUT2D eigenvalue weighted by Gasteiger charge is -2.09. The number of rotatable bonds is 3. The second kappa shape index (κ2) is 7.33. The van der Waals surface area contributed by atoms with Crippen molar-refractivity contribution in [3.63, 3.8) is 0 Å². The van der Waals surface area contributed by atoms with E-state index < -0.39 is 5.82 Å². The van der Waals surface area contributed by atoms with E-state index in [1.54, 1.807) is 12.1 Å². The number of alkyl halides is 1. The topological polar surface area (TPSA) is 33.0 Å². The molecule has 0 saturated heterocycles. The molecule has 2 rings (SSSR count). The summed E-state index contributed by atoms with van der Waals surface area (Å²) in [6.45, 7) is 0.0287. The maximum absolute atomic E-state index is 13.7. The summed E-state index contributed by atoms with van der Waals surface area (Å²) < 4.78 is 19.3. The normalized spacial score (nSPS) is 9.38. The van der Waals surface area contributed by atoms with E-state index in [9.17, 15) is 4.39 Å². The van der Waals surface area contributed by atoms with Crippen LogP contribution in [0.2, 0.25) is 0 Å². The Balaban J connectivity index is 2.19. The smallest absolute Gasteiger partial charge is 0.135 e. The SMILES string of the molecule is N#Cc1ccc(F)c(COc2ccccc2C#CCCl)c1. The van der Waals surface area contributed by atoms with Gasteiger partial charge in [-0.05, 0) is 30.3 Å². The van der Waals surface area contributed by atoms with E-state index in [2.05, 4.69) is 11.8 Å². The van der Waals surface area contributed by atoms with Crippen LogP contribution in [-0.4, -0.2) is 5.88 Å². The number of hydrogen-bond donors (Lipinski definition) is 0. The van der Waals surface area contributed by atoms with Crippen molar-refractivity contribution in [2.75, 3.05) is 5.88 Å². The van der Waals surface area contributed by atoms with Gasteiger partial charge >= 0.3 is 0 Å². The maximum Gasteiger partial charge on any atom is 0.135 e. The Kier molecular flexibility index (Phi) is 5.21. The molecule has 0 heterocycles. The van der Waals surface area contributed by atoms with Gasteiger partial charge in [0, 0.05) is 5.56 Å². The minimum absolute atomic E-state index is 0.0287. The Bertz CT molecular complexity index is 740. The number of halogens is 2. The third-order valence-corrected chi connectivity index (χ3v) is 2.87. The molecule has 21 heavy (non-hydrogen) atoms. The Morgan fingerprint density at radius 1 is 1.19 bits per heavy atom. The summed E-state index contributed by atoms with van der Waals surface area (Å²) in [7, 11) is 0. The van der Waals surface area contributed by atoms with Crippen LogP contribution in [0.4, 0.5) is 4.39 Å². The lowest BCUT2D eigenvalue weighted by atomic mass is 10.1. The van der Waals surface area contributed by atoms with Crippen molar-refractivity contribution in [3.05, 3.63) is 65.0 Å². The fraction of sp³-hybridized carbons (Fsp3) is 0.118. The highest BCUT2D eigenvalue weighted by Crippen LogP contribution is 2.19. The van der Waals surface area contributed by atoms with E-state index in [-0.39, 0.29) is 12.5 Å². The highest BCUT2D eigenvalue weighted by molar-refractivity contribution is 6.19. The van der Waals surface area contributed by atoms with Crippen LogP contribution in [0.15, 0.2) is 42.5 Å². The molecule has 0 radical (unpaired) electrons. The average molecular weight is 300 g/mol. The van der Waals surface area contributed by atoms with Crippen molar-refractivity contribution in [3.8, 4) is 23.7 Å². The van der Waals surface area contributed by atoms with Crippen molar-refractivity contribution >= 4 is 11.6 Å². The number of para-hydroxylation sites is 1. The van der Waals surface area contributed by atoms with Crippen molar-refractivity contribution in [1.29, 1.82) is 5.26 Å². The van der Waals surface area contributed by atoms with Crippen LogP contribution in [0.25, 0.3) is 0 Å². The number of ether oxygens (including phenoxy) is 1. The Labute approximate surface area is 127 Å². The molecule has 2 aromatic rings. The first-order valence-corrected chi connectivity index (χ1v) is 6.73. The summed E-state index contributed by atoms with van der Waals surface area (Å²) in [6, 6.07) is 13.3. The molecule has 0 saturated carbocycles. The number of benzene rings is 2. The predicted molar refractivity (Wildman–Crippen MR) is 79.5 cm³/mol. The standard InChI is InChI=1S/C17H11ClFNO/c18-9-3-5-14-4-1-2-6-17(14)21-12-15-10-13(11-20)7-8-16(15)19/h1-2,4,6-8,10H,9,12H2. The summed E-state index contributed by atoms with van der Waals surface area (Å²) in [6.07, 6.45) is 0. The molecule has 2 nitrogen and oxygen atoms in total. The van der Waals surface area contributed by atoms with Gasteiger partial charge in [0.25, 0.3) is 0 Å². The van der Waals surface area contributed by atoms with E-state index in [1.165, 1.54) is 18.2 Å². The van der Waals surface area contributed by atoms with Crippen LogP contribution in [0.5, 0.6) is 5.75 Å². The molecule has 0 aliphatic rings. The first-order valence-electron chi connectivity index (χ1n) is 6.20. The molecule has 0 fully saturated rings. The molecule has 0 unspecified atom stereocenters. The van der Waals surface area contributed by atoms with Crippen LogP contribution >= 0.6 is 11.6 Å². The molecule has 0 atom stereocenters. The summed E-state index contributed by atoms with van der Waals surface area (Å²) in [4.78, 5) is 0. The van der Waals surface area contributed by atoms with Crippen LogP contribution in [0.3, 0.4) is 0 Å². The van der Waals surface area contributed by atoms with Crippen LogP contribution < -0.4 is 4.74 Å². The second-order valence-electron chi connectivity index (χ2n) is 4.14. The van der Waals surface area contributed by atoms with E-state index >= 15 is 0 Å². The number of hydrogen-bond acceptors (Lipinski definition) is 2. The monoisotopic (exact) mass is 299 g/mol. The molecule has 0 spiro atoms. The predicted octanol–water partition coefficient (Wildman–Crippen LogP) is 3.87. The van der Waals surface area contributed by atoms with Crippen molar-refractivity contribution < 1.29 is 9.13 Å². The lowest BCUT2D eigenvalue weighted by Crippen LogP contribution is -2.00. The Morgan fingerprint density at radius 2 is 2.00 bits per heavy atom. The molecule has 104 valence electrons. The van der Waals surface area contributed by atoms with Crippen LogP contribution in [-0.2, 0) is 6.61 Å². The van der Waals surface area contributed by atoms with Gasteiger partial charge in [-0.25, -0.2) is 4.39 Å². The molecule has 2 aromatic carbocycles. The minimum atomic E-state index is -0.404. The number of nitriles is 1. The quantitative estimate of drug-likeness (QED) is 0.637. The van der Waals surface area contributed by atoms with E-state index in [4.69, 9.17) is 21.6 Å². The molecule has 4 heteroatoms. The van der Waals surface area contributed by atoms with Crippen molar-refractivity contribution in [2.24, 2.45) is 0 Å². The highest BCUT2D eigenvalue weighted by atomic mass is 35.5. The summed E-state index contributed by atoms with van der Waals surface area (Å²) in [5, 5.41) is 8.84. The zero-order valence-electron chi connectivity index (χ0n) is 11.1. The largest absolute Gasteiger partial charge is 0.487 e. The highest BCUT2D eigenvalue weighted by Gasteiger charge is 2.06. The fourth-order valence-corrected chi connectivity index (χ4v) is 1.80. The van der Waals surface area contributed by atoms with Gasteiger partial charge in [0.05, 0.1) is 23.1 Å². The minimum Gasteiger partial charge on any atom is -0.487 e. The third-order valence-electron chi connectivity index (χ3n) is 2.73. The molecule has 0 amide bonds. The average Bonchev–Trinajstić information content (AvgIpc) is 2.53. The Morgan fingerprint density at radius 3 is 2.76 bits per heavy atom. The van der Waals surface area contributed by atoms with E-state index in [0.29, 0.717) is 22.4 Å². The fourth-order valence-electron chi connectivity index (χ4n) is 1.73. The molecule has 0 aliphatic carbocycles. The van der Waals surface area contributed by atoms with Gasteiger partial charge in [-0.15, -0.1) is 11.6 Å². The first kappa shape index (κ1) is 14.9. The van der Waals surface area contributed by atoms with Gasteiger partial charge in [0.2, 0.25) is 0 Å². The molecule has 0 aromatic heterocycles. The van der Waals surface area contributed by atoms with E-state index in [0.717, 1.165) is 0 Å². The van der Waals surface area contributed by atoms with Gasteiger partial charge < -0.3 is 4.74 Å². The van der Waals surface area contributed by atoms with Gasteiger partial charge in [-0.2, -0.15) is 5.26 Å². The van der Waals surface area contributed by atoms with Gasteiger partial charge in [-0.1, -0.05) is 24.0 Å². The van der Waals surface area contributed by atoms with Gasteiger partial charge in [0.15, 0.2) is 0 Å². The summed E-state index contributed by atoms with van der Waals surface area (Å²) >= 11 is 5.54. The number of nitrogens with zero attached hydrogens (tertiary/aromatic N) is 1. The maximum atomic E-state index is 13.7. The molecule has 0 N–H and O–H groups in total. The van der Waals surface area contributed by atoms with Gasteiger partial charge in [0.1, 0.15) is 18.2 Å².